The van der Waals surface area contributed by atoms with Crippen molar-refractivity contribution in [2.45, 2.75) is 0 Å². The molecule has 222 valence electrons. The van der Waals surface area contributed by atoms with Gasteiger partial charge >= 0.3 is 0 Å². The molecule has 2 aromatic heterocycles. The first-order chi connectivity index (χ1) is 23.7. The maximum Gasteiger partial charge on any atom is 0.102 e. The molecule has 0 aliphatic rings. The number of hydrogen-bond donors (Lipinski definition) is 0. The highest BCUT2D eigenvalue weighted by Crippen LogP contribution is 2.40. The van der Waals surface area contributed by atoms with Gasteiger partial charge in [-0.1, -0.05) is 103 Å². The third-order valence-corrected chi connectivity index (χ3v) is 9.35. The first-order valence-corrected chi connectivity index (χ1v) is 15.9. The van der Waals surface area contributed by atoms with Crippen molar-refractivity contribution in [3.05, 3.63) is 169 Å². The van der Waals surface area contributed by atoms with Crippen LogP contribution in [0.3, 0.4) is 0 Å². The van der Waals surface area contributed by atoms with Gasteiger partial charge in [0.25, 0.3) is 0 Å². The lowest BCUT2D eigenvalue weighted by atomic mass is 9.92. The fourth-order valence-electron chi connectivity index (χ4n) is 7.29. The molecule has 0 unspecified atom stereocenters. The fraction of sp³-hybridized carbons (Fsp3) is 0. The highest BCUT2D eigenvalue weighted by molar-refractivity contribution is 6.10. The summed E-state index contributed by atoms with van der Waals surface area (Å²) in [5, 5.41) is 25.9. The first kappa shape index (κ1) is 27.4. The molecule has 0 N–H and O–H groups in total. The van der Waals surface area contributed by atoms with Gasteiger partial charge in [-0.3, -0.25) is 0 Å². The van der Waals surface area contributed by atoms with Crippen LogP contribution in [-0.2, 0) is 0 Å². The van der Waals surface area contributed by atoms with Crippen LogP contribution in [0.5, 0.6) is 0 Å². The minimum absolute atomic E-state index is 0.525. The van der Waals surface area contributed by atoms with Gasteiger partial charge in [-0.15, -0.1) is 0 Å². The van der Waals surface area contributed by atoms with Gasteiger partial charge in [0.15, 0.2) is 0 Å². The van der Waals surface area contributed by atoms with Gasteiger partial charge in [-0.2, -0.15) is 10.5 Å². The standard InChI is InChI=1S/C44H26N4/c45-27-29-22-32(24-33(23-29)47-40-18-8-4-14-34(40)35-15-5-9-19-41(35)47)38-25-31(30-12-2-1-3-13-30)26-44(39(38)28-46)48-42-20-10-6-16-36(42)37-17-7-11-21-43(37)48/h1-26H. The predicted octanol–water partition coefficient (Wildman–Crippen LogP) is 11.0. The first-order valence-electron chi connectivity index (χ1n) is 15.9. The van der Waals surface area contributed by atoms with Crippen LogP contribution in [0.1, 0.15) is 11.1 Å². The zero-order valence-electron chi connectivity index (χ0n) is 25.8. The average Bonchev–Trinajstić information content (AvgIpc) is 3.67. The molecule has 7 aromatic carbocycles. The van der Waals surface area contributed by atoms with E-state index in [1.165, 1.54) is 0 Å². The minimum Gasteiger partial charge on any atom is -0.309 e. The van der Waals surface area contributed by atoms with Crippen molar-refractivity contribution >= 4 is 43.6 Å². The Morgan fingerprint density at radius 2 is 0.896 bits per heavy atom. The number of benzene rings is 7. The van der Waals surface area contributed by atoms with Crippen molar-refractivity contribution in [2.24, 2.45) is 0 Å². The highest BCUT2D eigenvalue weighted by Gasteiger charge is 2.21. The molecule has 0 radical (unpaired) electrons. The molecule has 9 rings (SSSR count). The van der Waals surface area contributed by atoms with E-state index in [4.69, 9.17) is 0 Å². The fourth-order valence-corrected chi connectivity index (χ4v) is 7.29. The number of fused-ring (bicyclic) bond motifs is 6. The Balaban J connectivity index is 1.38. The monoisotopic (exact) mass is 610 g/mol. The predicted molar refractivity (Wildman–Crippen MR) is 195 cm³/mol. The lowest BCUT2D eigenvalue weighted by molar-refractivity contribution is 1.16. The average molecular weight is 611 g/mol. The van der Waals surface area contributed by atoms with E-state index in [-0.39, 0.29) is 0 Å². The van der Waals surface area contributed by atoms with Gasteiger partial charge in [0.2, 0.25) is 0 Å². The maximum absolute atomic E-state index is 11.0. The molecule has 0 fully saturated rings. The van der Waals surface area contributed by atoms with Crippen LogP contribution < -0.4 is 0 Å². The van der Waals surface area contributed by atoms with Crippen molar-refractivity contribution in [2.75, 3.05) is 0 Å². The van der Waals surface area contributed by atoms with Crippen molar-refractivity contribution in [3.8, 4) is 45.8 Å². The summed E-state index contributed by atoms with van der Waals surface area (Å²) in [6.45, 7) is 0. The summed E-state index contributed by atoms with van der Waals surface area (Å²) in [6, 6.07) is 58.8. The molecule has 48 heavy (non-hydrogen) atoms. The Morgan fingerprint density at radius 1 is 0.396 bits per heavy atom. The number of rotatable bonds is 4. The molecule has 0 saturated carbocycles. The van der Waals surface area contributed by atoms with Crippen LogP contribution in [0, 0.1) is 22.7 Å². The largest absolute Gasteiger partial charge is 0.309 e. The molecular weight excluding hydrogens is 585 g/mol. The Kier molecular flexibility index (Phi) is 6.22. The summed E-state index contributed by atoms with van der Waals surface area (Å²) in [4.78, 5) is 0. The lowest BCUT2D eigenvalue weighted by Gasteiger charge is -2.18. The second kappa shape index (κ2) is 10.9. The van der Waals surface area contributed by atoms with E-state index in [9.17, 15) is 10.5 Å². The van der Waals surface area contributed by atoms with Crippen molar-refractivity contribution < 1.29 is 0 Å². The Hall–Kier alpha value is -6.88. The quantitative estimate of drug-likeness (QED) is 0.199. The van der Waals surface area contributed by atoms with Crippen molar-refractivity contribution in [3.63, 3.8) is 0 Å². The van der Waals surface area contributed by atoms with Gasteiger partial charge in [-0.05, 0) is 71.3 Å². The second-order valence-corrected chi connectivity index (χ2v) is 12.0. The summed E-state index contributed by atoms with van der Waals surface area (Å²) in [5.41, 5.74) is 10.5. The Morgan fingerprint density at radius 3 is 1.42 bits per heavy atom. The van der Waals surface area contributed by atoms with Crippen LogP contribution in [0.25, 0.3) is 77.2 Å². The van der Waals surface area contributed by atoms with Gasteiger partial charge < -0.3 is 9.13 Å². The van der Waals surface area contributed by atoms with Crippen LogP contribution in [0.15, 0.2) is 158 Å². The maximum atomic E-state index is 11.0. The minimum atomic E-state index is 0.525. The number of aromatic nitrogens is 2. The molecule has 4 nitrogen and oxygen atoms in total. The summed E-state index contributed by atoms with van der Waals surface area (Å²) in [7, 11) is 0. The van der Waals surface area contributed by atoms with Crippen molar-refractivity contribution in [1.82, 2.24) is 9.13 Å². The lowest BCUT2D eigenvalue weighted by Crippen LogP contribution is -2.02. The summed E-state index contributed by atoms with van der Waals surface area (Å²) < 4.78 is 4.43. The SMILES string of the molecule is N#Cc1cc(-c2cc(-c3ccccc3)cc(-n3c4ccccc4c4ccccc43)c2C#N)cc(-n2c3ccccc3c3ccccc32)c1. The van der Waals surface area contributed by atoms with E-state index in [2.05, 4.69) is 124 Å². The molecule has 0 saturated heterocycles. The van der Waals surface area contributed by atoms with Crippen LogP contribution in [-0.4, -0.2) is 9.13 Å². The topological polar surface area (TPSA) is 57.4 Å². The normalized spacial score (nSPS) is 11.3. The Bertz CT molecular complexity index is 2700. The second-order valence-electron chi connectivity index (χ2n) is 12.0. The van der Waals surface area contributed by atoms with E-state index in [0.717, 1.165) is 77.2 Å². The molecule has 0 spiro atoms. The molecule has 0 atom stereocenters. The zero-order valence-corrected chi connectivity index (χ0v) is 25.8. The molecule has 9 aromatic rings. The Labute approximate surface area is 277 Å². The third-order valence-electron chi connectivity index (χ3n) is 9.35. The van der Waals surface area contributed by atoms with E-state index in [1.807, 2.05) is 54.6 Å². The van der Waals surface area contributed by atoms with Crippen LogP contribution in [0.4, 0.5) is 0 Å². The van der Waals surface area contributed by atoms with Crippen molar-refractivity contribution in [1.29, 1.82) is 10.5 Å². The number of nitrogens with zero attached hydrogens (tertiary/aromatic N) is 4. The summed E-state index contributed by atoms with van der Waals surface area (Å²) >= 11 is 0. The number of para-hydroxylation sites is 4. The molecule has 2 heterocycles. The van der Waals surface area contributed by atoms with Crippen LogP contribution in [0.2, 0.25) is 0 Å². The summed E-state index contributed by atoms with van der Waals surface area (Å²) in [5.74, 6) is 0. The van der Waals surface area contributed by atoms with E-state index in [0.29, 0.717) is 11.1 Å². The zero-order chi connectivity index (χ0) is 32.2. The third kappa shape index (κ3) is 4.14. The smallest absolute Gasteiger partial charge is 0.102 e. The molecular formula is C44H26N4. The molecule has 0 aliphatic heterocycles. The van der Waals surface area contributed by atoms with E-state index in [1.54, 1.807) is 0 Å². The molecule has 4 heteroatoms. The number of nitriles is 2. The highest BCUT2D eigenvalue weighted by atomic mass is 15.0. The molecule has 0 aliphatic carbocycles. The number of hydrogen-bond acceptors (Lipinski definition) is 2. The summed E-state index contributed by atoms with van der Waals surface area (Å²) in [6.07, 6.45) is 0. The molecule has 0 bridgehead atoms. The van der Waals surface area contributed by atoms with Gasteiger partial charge in [0.05, 0.1) is 45.0 Å². The van der Waals surface area contributed by atoms with Crippen LogP contribution >= 0.6 is 0 Å². The van der Waals surface area contributed by atoms with E-state index < -0.39 is 0 Å². The molecule has 0 amide bonds. The van der Waals surface area contributed by atoms with Gasteiger partial charge in [0.1, 0.15) is 6.07 Å². The van der Waals surface area contributed by atoms with Gasteiger partial charge in [0, 0.05) is 32.8 Å². The van der Waals surface area contributed by atoms with Gasteiger partial charge in [-0.25, -0.2) is 0 Å². The van der Waals surface area contributed by atoms with E-state index >= 15 is 0 Å².